The lowest BCUT2D eigenvalue weighted by molar-refractivity contribution is 0.168. The zero-order valence-corrected chi connectivity index (χ0v) is 9.58. The summed E-state index contributed by atoms with van der Waals surface area (Å²) in [6, 6.07) is 2.44. The van der Waals surface area contributed by atoms with Crippen LogP contribution in [0.5, 0.6) is 11.5 Å². The lowest BCUT2D eigenvalue weighted by atomic mass is 10.1. The van der Waals surface area contributed by atoms with E-state index in [4.69, 9.17) is 9.47 Å². The van der Waals surface area contributed by atoms with Gasteiger partial charge in [-0.1, -0.05) is 0 Å². The molecule has 1 atom stereocenters. The minimum atomic E-state index is -0.810. The monoisotopic (exact) mass is 229 g/mol. The van der Waals surface area contributed by atoms with Gasteiger partial charge in [-0.2, -0.15) is 0 Å². The van der Waals surface area contributed by atoms with Crippen molar-refractivity contribution in [3.63, 3.8) is 0 Å². The maximum atomic E-state index is 13.2. The first-order valence-corrected chi connectivity index (χ1v) is 4.88. The Morgan fingerprint density at radius 1 is 1.31 bits per heavy atom. The summed E-state index contributed by atoms with van der Waals surface area (Å²) in [5.41, 5.74) is 0.445. The van der Waals surface area contributed by atoms with Crippen LogP contribution in [0.3, 0.4) is 0 Å². The number of methoxy groups -OCH3 is 2. The predicted octanol–water partition coefficient (Wildman–Crippen LogP) is 1.10. The molecule has 0 bridgehead atoms. The predicted molar refractivity (Wildman–Crippen MR) is 58.4 cm³/mol. The van der Waals surface area contributed by atoms with Crippen molar-refractivity contribution in [2.24, 2.45) is 0 Å². The van der Waals surface area contributed by atoms with Gasteiger partial charge in [0.1, 0.15) is 17.3 Å². The van der Waals surface area contributed by atoms with E-state index >= 15 is 0 Å². The molecule has 1 unspecified atom stereocenters. The Morgan fingerprint density at radius 3 is 2.19 bits per heavy atom. The minimum absolute atomic E-state index is 0.277. The van der Waals surface area contributed by atoms with Crippen LogP contribution in [0.15, 0.2) is 12.1 Å². The molecule has 1 aromatic rings. The van der Waals surface area contributed by atoms with Crippen LogP contribution in [0.25, 0.3) is 0 Å². The summed E-state index contributed by atoms with van der Waals surface area (Å²) in [4.78, 5) is 0. The minimum Gasteiger partial charge on any atom is -0.496 e. The Kier molecular flexibility index (Phi) is 4.52. The van der Waals surface area contributed by atoms with Crippen molar-refractivity contribution in [2.75, 3.05) is 27.8 Å². The average Bonchev–Trinajstić information content (AvgIpc) is 2.27. The zero-order chi connectivity index (χ0) is 12.1. The smallest absolute Gasteiger partial charge is 0.131 e. The lowest BCUT2D eigenvalue weighted by Gasteiger charge is -2.17. The van der Waals surface area contributed by atoms with Gasteiger partial charge in [-0.05, 0) is 7.05 Å². The molecule has 4 nitrogen and oxygen atoms in total. The van der Waals surface area contributed by atoms with E-state index in [0.29, 0.717) is 12.1 Å². The molecule has 90 valence electrons. The van der Waals surface area contributed by atoms with Gasteiger partial charge in [0, 0.05) is 18.7 Å². The quantitative estimate of drug-likeness (QED) is 0.793. The number of likely N-dealkylation sites (N-methyl/N-ethyl adjacent to an activating group) is 1. The van der Waals surface area contributed by atoms with E-state index in [2.05, 4.69) is 5.32 Å². The van der Waals surface area contributed by atoms with E-state index in [1.54, 1.807) is 7.05 Å². The van der Waals surface area contributed by atoms with E-state index in [9.17, 15) is 9.50 Å². The summed E-state index contributed by atoms with van der Waals surface area (Å²) in [6.07, 6.45) is -0.810. The van der Waals surface area contributed by atoms with Crippen molar-refractivity contribution in [2.45, 2.75) is 6.10 Å². The molecule has 16 heavy (non-hydrogen) atoms. The molecule has 0 aliphatic rings. The molecule has 0 spiro atoms. The molecule has 1 rings (SSSR count). The van der Waals surface area contributed by atoms with Gasteiger partial charge < -0.3 is 19.9 Å². The summed E-state index contributed by atoms with van der Waals surface area (Å²) >= 11 is 0. The van der Waals surface area contributed by atoms with Crippen LogP contribution in [0.1, 0.15) is 11.7 Å². The summed E-state index contributed by atoms with van der Waals surface area (Å²) in [6.45, 7) is 0.332. The molecule has 0 aromatic heterocycles. The first-order valence-electron chi connectivity index (χ1n) is 4.88. The summed E-state index contributed by atoms with van der Waals surface area (Å²) in [7, 11) is 4.55. The Morgan fingerprint density at radius 2 is 1.81 bits per heavy atom. The maximum absolute atomic E-state index is 13.2. The molecule has 0 saturated heterocycles. The molecule has 0 aliphatic carbocycles. The zero-order valence-electron chi connectivity index (χ0n) is 9.58. The molecule has 0 saturated carbocycles. The number of hydrogen-bond donors (Lipinski definition) is 2. The van der Waals surface area contributed by atoms with Crippen LogP contribution in [-0.4, -0.2) is 32.9 Å². The van der Waals surface area contributed by atoms with Crippen molar-refractivity contribution >= 4 is 0 Å². The van der Waals surface area contributed by atoms with Gasteiger partial charge >= 0.3 is 0 Å². The van der Waals surface area contributed by atoms with Crippen LogP contribution in [0.4, 0.5) is 4.39 Å². The molecule has 0 fully saturated rings. The highest BCUT2D eigenvalue weighted by Gasteiger charge is 2.19. The third-order valence-electron chi connectivity index (χ3n) is 2.24. The molecule has 0 aliphatic heterocycles. The van der Waals surface area contributed by atoms with Crippen molar-refractivity contribution in [1.82, 2.24) is 5.32 Å². The molecular weight excluding hydrogens is 213 g/mol. The number of halogens is 1. The average molecular weight is 229 g/mol. The molecule has 1 aromatic carbocycles. The first kappa shape index (κ1) is 12.7. The van der Waals surface area contributed by atoms with E-state index in [-0.39, 0.29) is 11.5 Å². The normalized spacial score (nSPS) is 12.3. The first-order chi connectivity index (χ1) is 7.63. The second-order valence-electron chi connectivity index (χ2n) is 3.30. The molecule has 0 heterocycles. The molecule has 0 radical (unpaired) electrons. The van der Waals surface area contributed by atoms with Crippen LogP contribution in [-0.2, 0) is 0 Å². The summed E-state index contributed by atoms with van der Waals surface area (Å²) < 4.78 is 23.2. The van der Waals surface area contributed by atoms with Crippen molar-refractivity contribution in [3.05, 3.63) is 23.5 Å². The van der Waals surface area contributed by atoms with Crippen LogP contribution < -0.4 is 14.8 Å². The number of nitrogens with one attached hydrogen (secondary N) is 1. The number of ether oxygens (including phenoxy) is 2. The van der Waals surface area contributed by atoms with Gasteiger partial charge in [-0.25, -0.2) is 4.39 Å². The Labute approximate surface area is 94.0 Å². The number of benzene rings is 1. The van der Waals surface area contributed by atoms with Crippen molar-refractivity contribution in [3.8, 4) is 11.5 Å². The topological polar surface area (TPSA) is 50.7 Å². The van der Waals surface area contributed by atoms with Crippen molar-refractivity contribution in [1.29, 1.82) is 0 Å². The fraction of sp³-hybridized carbons (Fsp3) is 0.455. The maximum Gasteiger partial charge on any atom is 0.131 e. The summed E-state index contributed by atoms with van der Waals surface area (Å²) in [5.74, 6) is 0.0910. The number of aliphatic hydroxyl groups is 1. The van der Waals surface area contributed by atoms with E-state index in [1.807, 2.05) is 0 Å². The van der Waals surface area contributed by atoms with Gasteiger partial charge in [-0.3, -0.25) is 0 Å². The number of aliphatic hydroxyl groups excluding tert-OH is 1. The highest BCUT2D eigenvalue weighted by atomic mass is 19.1. The molecule has 5 heteroatoms. The van der Waals surface area contributed by atoms with E-state index in [0.717, 1.165) is 0 Å². The van der Waals surface area contributed by atoms with Crippen LogP contribution in [0, 0.1) is 5.82 Å². The molecule has 0 amide bonds. The second-order valence-corrected chi connectivity index (χ2v) is 3.30. The second kappa shape index (κ2) is 5.67. The standard InChI is InChI=1S/C11H16FNO3/c1-13-6-8(14)11-9(15-2)4-7(12)5-10(11)16-3/h4-5,8,13-14H,6H2,1-3H3. The van der Waals surface area contributed by atoms with E-state index in [1.165, 1.54) is 26.4 Å². The highest BCUT2D eigenvalue weighted by Crippen LogP contribution is 2.34. The Hall–Kier alpha value is -1.33. The third-order valence-corrected chi connectivity index (χ3v) is 2.24. The fourth-order valence-corrected chi connectivity index (χ4v) is 1.53. The Bertz CT molecular complexity index is 332. The lowest BCUT2D eigenvalue weighted by Crippen LogP contribution is -2.18. The van der Waals surface area contributed by atoms with Gasteiger partial charge in [0.2, 0.25) is 0 Å². The van der Waals surface area contributed by atoms with Crippen molar-refractivity contribution < 1.29 is 19.0 Å². The van der Waals surface area contributed by atoms with Gasteiger partial charge in [-0.15, -0.1) is 0 Å². The fourth-order valence-electron chi connectivity index (χ4n) is 1.53. The Balaban J connectivity index is 3.21. The van der Waals surface area contributed by atoms with E-state index < -0.39 is 11.9 Å². The SMILES string of the molecule is CNCC(O)c1c(OC)cc(F)cc1OC. The van der Waals surface area contributed by atoms with Gasteiger partial charge in [0.05, 0.1) is 25.9 Å². The summed E-state index contributed by atoms with van der Waals surface area (Å²) in [5, 5.41) is 12.7. The number of hydrogen-bond acceptors (Lipinski definition) is 4. The molecule has 2 N–H and O–H groups in total. The number of rotatable bonds is 5. The highest BCUT2D eigenvalue weighted by molar-refractivity contribution is 5.47. The van der Waals surface area contributed by atoms with Gasteiger partial charge in [0.15, 0.2) is 0 Å². The molecular formula is C11H16FNO3. The largest absolute Gasteiger partial charge is 0.496 e. The van der Waals surface area contributed by atoms with Gasteiger partial charge in [0.25, 0.3) is 0 Å². The van der Waals surface area contributed by atoms with Crippen LogP contribution in [0.2, 0.25) is 0 Å². The third kappa shape index (κ3) is 2.62. The van der Waals surface area contributed by atoms with Crippen LogP contribution >= 0.6 is 0 Å².